The number of nitrogens with one attached hydrogen (secondary N) is 1. The molecule has 0 fully saturated rings. The number of benzene rings is 2. The number of oxime groups is 1. The van der Waals surface area contributed by atoms with E-state index in [9.17, 15) is 9.59 Å². The fourth-order valence-electron chi connectivity index (χ4n) is 2.91. The highest BCUT2D eigenvalue weighted by molar-refractivity contribution is 6.13. The molecule has 0 aliphatic carbocycles. The summed E-state index contributed by atoms with van der Waals surface area (Å²) in [5.74, 6) is -0.476. The minimum absolute atomic E-state index is 0.0175. The lowest BCUT2D eigenvalue weighted by Crippen LogP contribution is -2.46. The van der Waals surface area contributed by atoms with Gasteiger partial charge in [-0.2, -0.15) is 0 Å². The minimum atomic E-state index is -0.709. The molecule has 1 N–H and O–H groups in total. The second-order valence-corrected chi connectivity index (χ2v) is 5.69. The van der Waals surface area contributed by atoms with Crippen LogP contribution in [0.15, 0.2) is 59.8 Å². The summed E-state index contributed by atoms with van der Waals surface area (Å²) in [4.78, 5) is 31.5. The van der Waals surface area contributed by atoms with Gasteiger partial charge in [-0.1, -0.05) is 47.6 Å². The molecule has 0 unspecified atom stereocenters. The van der Waals surface area contributed by atoms with Crippen LogP contribution in [0.3, 0.4) is 0 Å². The van der Waals surface area contributed by atoms with Crippen LogP contribution >= 0.6 is 0 Å². The van der Waals surface area contributed by atoms with Crippen molar-refractivity contribution in [3.05, 3.63) is 60.2 Å². The molecule has 2 aliphatic heterocycles. The molecule has 0 radical (unpaired) electrons. The predicted molar refractivity (Wildman–Crippen MR) is 89.9 cm³/mol. The Kier molecular flexibility index (Phi) is 3.49. The maximum atomic E-state index is 12.8. The lowest BCUT2D eigenvalue weighted by molar-refractivity contribution is -0.129. The molecule has 0 spiro atoms. The largest absolute Gasteiger partial charge is 0.382 e. The van der Waals surface area contributed by atoms with Crippen molar-refractivity contribution in [2.24, 2.45) is 5.16 Å². The van der Waals surface area contributed by atoms with Crippen molar-refractivity contribution in [1.82, 2.24) is 0 Å². The van der Waals surface area contributed by atoms with E-state index in [1.54, 1.807) is 12.1 Å². The number of anilines is 2. The molecule has 1 atom stereocenters. The molecule has 2 heterocycles. The Labute approximate surface area is 138 Å². The third-order valence-corrected chi connectivity index (χ3v) is 4.09. The Morgan fingerprint density at radius 1 is 1.12 bits per heavy atom. The molecule has 0 saturated carbocycles. The van der Waals surface area contributed by atoms with Crippen molar-refractivity contribution in [2.45, 2.75) is 12.5 Å². The van der Waals surface area contributed by atoms with Crippen LogP contribution < -0.4 is 10.2 Å². The number of fused-ring (bicyclic) bond motifs is 1. The Morgan fingerprint density at radius 2 is 1.88 bits per heavy atom. The first-order valence-electron chi connectivity index (χ1n) is 7.71. The van der Waals surface area contributed by atoms with E-state index in [4.69, 9.17) is 4.84 Å². The molecule has 2 aromatic carbocycles. The highest BCUT2D eigenvalue weighted by Gasteiger charge is 2.36. The summed E-state index contributed by atoms with van der Waals surface area (Å²) < 4.78 is 0. The average molecular weight is 321 g/mol. The topological polar surface area (TPSA) is 71.0 Å². The van der Waals surface area contributed by atoms with Gasteiger partial charge in [-0.15, -0.1) is 0 Å². The van der Waals surface area contributed by atoms with Gasteiger partial charge in [0.2, 0.25) is 12.0 Å². The molecule has 0 saturated heterocycles. The third-order valence-electron chi connectivity index (χ3n) is 4.09. The average Bonchev–Trinajstić information content (AvgIpc) is 3.11. The van der Waals surface area contributed by atoms with Crippen LogP contribution in [0.4, 0.5) is 11.4 Å². The van der Waals surface area contributed by atoms with E-state index >= 15 is 0 Å². The first-order chi connectivity index (χ1) is 11.7. The van der Waals surface area contributed by atoms with Gasteiger partial charge >= 0.3 is 0 Å². The van der Waals surface area contributed by atoms with Gasteiger partial charge in [-0.05, 0) is 17.7 Å². The van der Waals surface area contributed by atoms with Crippen LogP contribution in [0, 0.1) is 0 Å². The highest BCUT2D eigenvalue weighted by atomic mass is 16.6. The molecule has 2 amide bonds. The fourth-order valence-corrected chi connectivity index (χ4v) is 2.91. The monoisotopic (exact) mass is 321 g/mol. The van der Waals surface area contributed by atoms with Crippen molar-refractivity contribution in [2.75, 3.05) is 16.8 Å². The second-order valence-electron chi connectivity index (χ2n) is 5.69. The fraction of sp³-hybridized carbons (Fsp3) is 0.167. The molecular weight excluding hydrogens is 306 g/mol. The standard InChI is InChI=1S/C18H15N3O3/c22-17-11-21(15-9-5-4-8-13(15)19-17)18(23)16-10-14(20-24-16)12-6-2-1-3-7-12/h1-9,16H,10-11H2,(H,19,22)/t16-/m0/s1. The van der Waals surface area contributed by atoms with Crippen molar-refractivity contribution in [3.63, 3.8) is 0 Å². The zero-order chi connectivity index (χ0) is 16.5. The second kappa shape index (κ2) is 5.81. The van der Waals surface area contributed by atoms with Crippen LogP contribution in [0.2, 0.25) is 0 Å². The SMILES string of the molecule is O=C1CN(C(=O)[C@@H]2CC(c3ccccc3)=NO2)c2ccccc2N1. The summed E-state index contributed by atoms with van der Waals surface area (Å²) in [5.41, 5.74) is 2.98. The molecule has 120 valence electrons. The number of nitrogens with zero attached hydrogens (tertiary/aromatic N) is 2. The quantitative estimate of drug-likeness (QED) is 0.921. The molecule has 0 aromatic heterocycles. The molecule has 0 bridgehead atoms. The Balaban J connectivity index is 1.55. The summed E-state index contributed by atoms with van der Waals surface area (Å²) in [6.45, 7) is -0.0175. The third kappa shape index (κ3) is 2.52. The van der Waals surface area contributed by atoms with Gasteiger partial charge in [0.05, 0.1) is 17.1 Å². The zero-order valence-corrected chi connectivity index (χ0v) is 12.8. The number of carbonyl (C=O) groups is 2. The highest BCUT2D eigenvalue weighted by Crippen LogP contribution is 2.30. The molecule has 24 heavy (non-hydrogen) atoms. The predicted octanol–water partition coefficient (Wildman–Crippen LogP) is 2.16. The van der Waals surface area contributed by atoms with Crippen molar-refractivity contribution in [1.29, 1.82) is 0 Å². The number of carbonyl (C=O) groups excluding carboxylic acids is 2. The molecule has 6 heteroatoms. The minimum Gasteiger partial charge on any atom is -0.382 e. The van der Waals surface area contributed by atoms with Crippen molar-refractivity contribution >= 4 is 28.9 Å². The van der Waals surface area contributed by atoms with E-state index in [0.29, 0.717) is 17.8 Å². The summed E-state index contributed by atoms with van der Waals surface area (Å²) in [7, 11) is 0. The van der Waals surface area contributed by atoms with Gasteiger partial charge in [0, 0.05) is 6.42 Å². The van der Waals surface area contributed by atoms with E-state index in [-0.39, 0.29) is 18.4 Å². The normalized spacial score (nSPS) is 19.2. The first kappa shape index (κ1) is 14.4. The van der Waals surface area contributed by atoms with Crippen LogP contribution in [0.5, 0.6) is 0 Å². The maximum Gasteiger partial charge on any atom is 0.271 e. The summed E-state index contributed by atoms with van der Waals surface area (Å²) >= 11 is 0. The van der Waals surface area contributed by atoms with Gasteiger partial charge in [0.15, 0.2) is 0 Å². The van der Waals surface area contributed by atoms with E-state index in [0.717, 1.165) is 11.3 Å². The molecule has 2 aromatic rings. The zero-order valence-electron chi connectivity index (χ0n) is 12.8. The van der Waals surface area contributed by atoms with Gasteiger partial charge in [0.25, 0.3) is 5.91 Å². The Morgan fingerprint density at radius 3 is 2.71 bits per heavy atom. The van der Waals surface area contributed by atoms with Crippen molar-refractivity contribution in [3.8, 4) is 0 Å². The Hall–Kier alpha value is -3.15. The number of hydrogen-bond acceptors (Lipinski definition) is 4. The van der Waals surface area contributed by atoms with E-state index in [1.165, 1.54) is 4.90 Å². The maximum absolute atomic E-state index is 12.8. The number of rotatable bonds is 2. The lowest BCUT2D eigenvalue weighted by Gasteiger charge is -2.30. The van der Waals surface area contributed by atoms with Gasteiger partial charge < -0.3 is 10.2 Å². The summed E-state index contributed by atoms with van der Waals surface area (Å²) in [6, 6.07) is 16.8. The number of amides is 2. The summed E-state index contributed by atoms with van der Waals surface area (Å²) in [6.07, 6.45) is -0.317. The molecular formula is C18H15N3O3. The van der Waals surface area contributed by atoms with E-state index < -0.39 is 6.10 Å². The first-order valence-corrected chi connectivity index (χ1v) is 7.71. The van der Waals surface area contributed by atoms with Gasteiger partial charge in [0.1, 0.15) is 6.54 Å². The molecule has 2 aliphatic rings. The van der Waals surface area contributed by atoms with Crippen molar-refractivity contribution < 1.29 is 14.4 Å². The van der Waals surface area contributed by atoms with Gasteiger partial charge in [-0.25, -0.2) is 0 Å². The van der Waals surface area contributed by atoms with Crippen LogP contribution in [0.1, 0.15) is 12.0 Å². The Bertz CT molecular complexity index is 832. The number of hydrogen-bond donors (Lipinski definition) is 1. The number of para-hydroxylation sites is 2. The van der Waals surface area contributed by atoms with Gasteiger partial charge in [-0.3, -0.25) is 14.5 Å². The smallest absolute Gasteiger partial charge is 0.271 e. The lowest BCUT2D eigenvalue weighted by atomic mass is 10.0. The van der Waals surface area contributed by atoms with Crippen LogP contribution in [0.25, 0.3) is 0 Å². The molecule has 6 nitrogen and oxygen atoms in total. The molecule has 4 rings (SSSR count). The summed E-state index contributed by atoms with van der Waals surface area (Å²) in [5, 5.41) is 6.81. The van der Waals surface area contributed by atoms with E-state index in [2.05, 4.69) is 10.5 Å². The van der Waals surface area contributed by atoms with Crippen LogP contribution in [-0.4, -0.2) is 30.2 Å². The van der Waals surface area contributed by atoms with E-state index in [1.807, 2.05) is 42.5 Å². The van der Waals surface area contributed by atoms with Crippen LogP contribution in [-0.2, 0) is 14.4 Å².